The second kappa shape index (κ2) is 10.4. The maximum Gasteiger partial charge on any atom is 0.289 e. The Morgan fingerprint density at radius 2 is 1.57 bits per heavy atom. The number of hydrogen-bond donors (Lipinski definition) is 0. The van der Waals surface area contributed by atoms with E-state index in [0.29, 0.717) is 37.5 Å². The fourth-order valence-corrected chi connectivity index (χ4v) is 5.30. The highest BCUT2D eigenvalue weighted by Crippen LogP contribution is 2.29. The van der Waals surface area contributed by atoms with Gasteiger partial charge in [0.25, 0.3) is 11.8 Å². The summed E-state index contributed by atoms with van der Waals surface area (Å²) in [7, 11) is 1.65. The molecule has 2 saturated heterocycles. The molecule has 0 bridgehead atoms. The number of nitrogens with zero attached hydrogens (tertiary/aromatic N) is 4. The molecule has 182 valence electrons. The molecule has 35 heavy (non-hydrogen) atoms. The first kappa shape index (κ1) is 23.3. The summed E-state index contributed by atoms with van der Waals surface area (Å²) in [5.41, 5.74) is 2.41. The number of anilines is 1. The zero-order chi connectivity index (χ0) is 24.2. The van der Waals surface area contributed by atoms with Gasteiger partial charge in [-0.05, 0) is 48.5 Å². The molecule has 0 N–H and O–H groups in total. The average Bonchev–Trinajstić information content (AvgIpc) is 3.48. The molecule has 3 aromatic rings. The molecule has 0 aliphatic carbocycles. The molecule has 2 aromatic heterocycles. The van der Waals surface area contributed by atoms with Crippen LogP contribution in [0.3, 0.4) is 0 Å². The van der Waals surface area contributed by atoms with Crippen LogP contribution in [0.2, 0.25) is 0 Å². The second-order valence-corrected chi connectivity index (χ2v) is 9.68. The topological polar surface area (TPSA) is 79.1 Å². The first-order chi connectivity index (χ1) is 17.1. The summed E-state index contributed by atoms with van der Waals surface area (Å²) in [6.45, 7) is 3.60. The number of amides is 2. The van der Waals surface area contributed by atoms with Crippen molar-refractivity contribution in [2.24, 2.45) is 0 Å². The number of rotatable bonds is 5. The number of carbonyl (C=O) groups excluding carboxylic acids is 2. The minimum atomic E-state index is -0.140. The van der Waals surface area contributed by atoms with Crippen molar-refractivity contribution in [2.75, 3.05) is 62.8 Å². The van der Waals surface area contributed by atoms with Crippen molar-refractivity contribution in [1.29, 1.82) is 0 Å². The standard InChI is InChI=1S/C26H28N4O4S/c1-33-20-6-4-19(5-7-20)22-9-8-21(24(27-22)28-14-17-35-18-15-28)25(31)29-10-12-30(13-11-29)26(32)23-3-2-16-34-23/h2-9,16H,10-15,17-18H2,1H3. The number of benzene rings is 1. The summed E-state index contributed by atoms with van der Waals surface area (Å²) in [5.74, 6) is 3.69. The van der Waals surface area contributed by atoms with E-state index in [4.69, 9.17) is 14.1 Å². The van der Waals surface area contributed by atoms with Gasteiger partial charge in [0.2, 0.25) is 0 Å². The van der Waals surface area contributed by atoms with Gasteiger partial charge in [0.15, 0.2) is 5.76 Å². The maximum atomic E-state index is 13.6. The van der Waals surface area contributed by atoms with Gasteiger partial charge in [-0.3, -0.25) is 9.59 Å². The normalized spacial score (nSPS) is 16.3. The fourth-order valence-electron chi connectivity index (χ4n) is 4.39. The van der Waals surface area contributed by atoms with Crippen molar-refractivity contribution in [1.82, 2.24) is 14.8 Å². The lowest BCUT2D eigenvalue weighted by Gasteiger charge is -2.35. The number of pyridine rings is 1. The SMILES string of the molecule is COc1ccc(-c2ccc(C(=O)N3CCN(C(=O)c4ccco4)CC3)c(N3CCSCC3)n2)cc1. The number of thioether (sulfide) groups is 1. The maximum absolute atomic E-state index is 13.6. The average molecular weight is 493 g/mol. The Kier molecular flexibility index (Phi) is 6.94. The van der Waals surface area contributed by atoms with Gasteiger partial charge in [-0.15, -0.1) is 0 Å². The minimum Gasteiger partial charge on any atom is -0.497 e. The van der Waals surface area contributed by atoms with Crippen molar-refractivity contribution >= 4 is 29.4 Å². The fraction of sp³-hybridized carbons (Fsp3) is 0.346. The molecule has 0 unspecified atom stereocenters. The summed E-state index contributed by atoms with van der Waals surface area (Å²) < 4.78 is 10.5. The van der Waals surface area contributed by atoms with E-state index in [1.807, 2.05) is 53.1 Å². The first-order valence-corrected chi connectivity index (χ1v) is 12.9. The number of methoxy groups -OCH3 is 1. The zero-order valence-corrected chi connectivity index (χ0v) is 20.5. The van der Waals surface area contributed by atoms with Gasteiger partial charge in [0, 0.05) is 56.3 Å². The molecule has 0 radical (unpaired) electrons. The van der Waals surface area contributed by atoms with Crippen molar-refractivity contribution in [2.45, 2.75) is 0 Å². The van der Waals surface area contributed by atoms with Gasteiger partial charge in [-0.25, -0.2) is 4.98 Å². The van der Waals surface area contributed by atoms with Gasteiger partial charge < -0.3 is 23.9 Å². The molecule has 0 atom stereocenters. The molecule has 2 aliphatic rings. The van der Waals surface area contributed by atoms with Gasteiger partial charge >= 0.3 is 0 Å². The molecular formula is C26H28N4O4S. The molecule has 0 spiro atoms. The third-order valence-electron chi connectivity index (χ3n) is 6.39. The third kappa shape index (κ3) is 5.00. The number of furan rings is 1. The summed E-state index contributed by atoms with van der Waals surface area (Å²) >= 11 is 1.92. The smallest absolute Gasteiger partial charge is 0.289 e. The Morgan fingerprint density at radius 3 is 2.20 bits per heavy atom. The predicted octanol–water partition coefficient (Wildman–Crippen LogP) is 3.50. The number of carbonyl (C=O) groups is 2. The van der Waals surface area contributed by atoms with Crippen LogP contribution in [0, 0.1) is 0 Å². The number of hydrogen-bond acceptors (Lipinski definition) is 7. The number of piperazine rings is 1. The second-order valence-electron chi connectivity index (χ2n) is 8.46. The van der Waals surface area contributed by atoms with Crippen LogP contribution in [-0.4, -0.2) is 84.5 Å². The van der Waals surface area contributed by atoms with Crippen molar-refractivity contribution < 1.29 is 18.7 Å². The summed E-state index contributed by atoms with van der Waals surface area (Å²) in [6, 6.07) is 15.0. The lowest BCUT2D eigenvalue weighted by Crippen LogP contribution is -2.50. The monoisotopic (exact) mass is 492 g/mol. The molecular weight excluding hydrogens is 464 g/mol. The highest BCUT2D eigenvalue weighted by Gasteiger charge is 2.29. The molecule has 4 heterocycles. The van der Waals surface area contributed by atoms with Gasteiger partial charge in [0.05, 0.1) is 24.6 Å². The lowest BCUT2D eigenvalue weighted by atomic mass is 10.1. The Morgan fingerprint density at radius 1 is 0.886 bits per heavy atom. The Bertz CT molecular complexity index is 1170. The van der Waals surface area contributed by atoms with Crippen LogP contribution in [0.15, 0.2) is 59.2 Å². The van der Waals surface area contributed by atoms with Gasteiger partial charge in [-0.2, -0.15) is 11.8 Å². The van der Waals surface area contributed by atoms with Crippen molar-refractivity contribution in [3.63, 3.8) is 0 Å². The van der Waals surface area contributed by atoms with Gasteiger partial charge in [-0.1, -0.05) is 0 Å². The summed E-state index contributed by atoms with van der Waals surface area (Å²) in [6.07, 6.45) is 1.50. The van der Waals surface area contributed by atoms with Crippen LogP contribution in [0.4, 0.5) is 5.82 Å². The molecule has 2 amide bonds. The van der Waals surface area contributed by atoms with E-state index in [2.05, 4.69) is 4.90 Å². The van der Waals surface area contributed by atoms with E-state index in [0.717, 1.165) is 47.4 Å². The lowest BCUT2D eigenvalue weighted by molar-refractivity contribution is 0.0518. The van der Waals surface area contributed by atoms with E-state index in [9.17, 15) is 9.59 Å². The Balaban J connectivity index is 1.37. The predicted molar refractivity (Wildman–Crippen MR) is 136 cm³/mol. The summed E-state index contributed by atoms with van der Waals surface area (Å²) in [5, 5.41) is 0. The molecule has 1 aromatic carbocycles. The molecule has 5 rings (SSSR count). The van der Waals surface area contributed by atoms with Crippen LogP contribution in [0.5, 0.6) is 5.75 Å². The van der Waals surface area contributed by atoms with Crippen LogP contribution < -0.4 is 9.64 Å². The number of ether oxygens (including phenoxy) is 1. The van der Waals surface area contributed by atoms with E-state index in [1.165, 1.54) is 6.26 Å². The largest absolute Gasteiger partial charge is 0.497 e. The molecule has 2 fully saturated rings. The number of aromatic nitrogens is 1. The minimum absolute atomic E-state index is 0.0443. The van der Waals surface area contributed by atoms with Crippen molar-refractivity contribution in [3.05, 3.63) is 66.1 Å². The van der Waals surface area contributed by atoms with Crippen LogP contribution >= 0.6 is 11.8 Å². The Labute approximate surface area is 208 Å². The van der Waals surface area contributed by atoms with E-state index in [1.54, 1.807) is 24.1 Å². The third-order valence-corrected chi connectivity index (χ3v) is 7.33. The van der Waals surface area contributed by atoms with Crippen LogP contribution in [0.25, 0.3) is 11.3 Å². The molecule has 2 aliphatic heterocycles. The molecule has 8 nitrogen and oxygen atoms in total. The van der Waals surface area contributed by atoms with E-state index < -0.39 is 0 Å². The molecule has 0 saturated carbocycles. The van der Waals surface area contributed by atoms with E-state index in [-0.39, 0.29) is 11.8 Å². The van der Waals surface area contributed by atoms with Gasteiger partial charge in [0.1, 0.15) is 11.6 Å². The highest BCUT2D eigenvalue weighted by molar-refractivity contribution is 7.99. The van der Waals surface area contributed by atoms with Crippen LogP contribution in [0.1, 0.15) is 20.9 Å². The summed E-state index contributed by atoms with van der Waals surface area (Å²) in [4.78, 5) is 36.9. The first-order valence-electron chi connectivity index (χ1n) is 11.7. The highest BCUT2D eigenvalue weighted by atomic mass is 32.2. The molecule has 9 heteroatoms. The quantitative estimate of drug-likeness (QED) is 0.539. The Hall–Kier alpha value is -3.46. The zero-order valence-electron chi connectivity index (χ0n) is 19.7. The van der Waals surface area contributed by atoms with Crippen molar-refractivity contribution in [3.8, 4) is 17.0 Å². The van der Waals surface area contributed by atoms with E-state index >= 15 is 0 Å². The van der Waals surface area contributed by atoms with Crippen LogP contribution in [-0.2, 0) is 0 Å².